The second-order valence-corrected chi connectivity index (χ2v) is 5.91. The maximum atomic E-state index is 12.4. The Hall–Kier alpha value is -1.28. The first-order chi connectivity index (χ1) is 10.0. The van der Waals surface area contributed by atoms with E-state index >= 15 is 0 Å². The molecule has 1 heterocycles. The van der Waals surface area contributed by atoms with Crippen LogP contribution in [0.4, 0.5) is 0 Å². The van der Waals surface area contributed by atoms with Gasteiger partial charge < -0.3 is 4.90 Å². The van der Waals surface area contributed by atoms with Gasteiger partial charge in [0.05, 0.1) is 12.1 Å². The predicted molar refractivity (Wildman–Crippen MR) is 83.6 cm³/mol. The Morgan fingerprint density at radius 2 is 1.81 bits per heavy atom. The van der Waals surface area contributed by atoms with E-state index in [1.807, 2.05) is 6.92 Å². The molecule has 0 aromatic heterocycles. The standard InChI is InChI=1S/C15H17Cl2N3O/c1-2-14(10-18)19-3-5-20(6-4-19)15(21)11-7-12(16)9-13(17)8-11/h7-9,14H,2-6H2,1H3. The van der Waals surface area contributed by atoms with Crippen LogP contribution >= 0.6 is 23.2 Å². The average molecular weight is 326 g/mol. The van der Waals surface area contributed by atoms with Crippen molar-refractivity contribution in [2.45, 2.75) is 19.4 Å². The van der Waals surface area contributed by atoms with Crippen molar-refractivity contribution in [1.29, 1.82) is 5.26 Å². The Bertz CT molecular complexity index is 542. The van der Waals surface area contributed by atoms with Gasteiger partial charge in [-0.1, -0.05) is 30.1 Å². The van der Waals surface area contributed by atoms with E-state index in [4.69, 9.17) is 28.5 Å². The van der Waals surface area contributed by atoms with Gasteiger partial charge >= 0.3 is 0 Å². The Balaban J connectivity index is 2.02. The number of benzene rings is 1. The molecule has 112 valence electrons. The number of carbonyl (C=O) groups excluding carboxylic acids is 1. The van der Waals surface area contributed by atoms with Crippen molar-refractivity contribution in [2.75, 3.05) is 26.2 Å². The molecular formula is C15H17Cl2N3O. The molecule has 1 amide bonds. The van der Waals surface area contributed by atoms with Crippen molar-refractivity contribution < 1.29 is 4.79 Å². The van der Waals surface area contributed by atoms with E-state index in [1.165, 1.54) is 0 Å². The first-order valence-electron chi connectivity index (χ1n) is 6.94. The van der Waals surface area contributed by atoms with Crippen molar-refractivity contribution in [1.82, 2.24) is 9.80 Å². The molecule has 1 saturated heterocycles. The minimum Gasteiger partial charge on any atom is -0.336 e. The molecule has 1 aliphatic heterocycles. The number of halogens is 2. The summed E-state index contributed by atoms with van der Waals surface area (Å²) in [6.45, 7) is 4.65. The van der Waals surface area contributed by atoms with Crippen molar-refractivity contribution in [3.05, 3.63) is 33.8 Å². The molecule has 1 aromatic carbocycles. The lowest BCUT2D eigenvalue weighted by molar-refractivity contribution is 0.0604. The molecule has 0 aliphatic carbocycles. The van der Waals surface area contributed by atoms with Crippen LogP contribution < -0.4 is 0 Å². The molecule has 1 unspecified atom stereocenters. The van der Waals surface area contributed by atoms with E-state index < -0.39 is 0 Å². The number of amides is 1. The number of piperazine rings is 1. The largest absolute Gasteiger partial charge is 0.336 e. The van der Waals surface area contributed by atoms with Crippen LogP contribution in [0.5, 0.6) is 0 Å². The highest BCUT2D eigenvalue weighted by atomic mass is 35.5. The Morgan fingerprint density at radius 3 is 2.29 bits per heavy atom. The Kier molecular flexibility index (Phi) is 5.46. The monoisotopic (exact) mass is 325 g/mol. The zero-order valence-electron chi connectivity index (χ0n) is 11.9. The van der Waals surface area contributed by atoms with Crippen LogP contribution in [0.2, 0.25) is 10.0 Å². The lowest BCUT2D eigenvalue weighted by atomic mass is 10.1. The zero-order chi connectivity index (χ0) is 15.4. The van der Waals surface area contributed by atoms with Crippen molar-refractivity contribution in [3.8, 4) is 6.07 Å². The van der Waals surface area contributed by atoms with E-state index in [1.54, 1.807) is 23.1 Å². The molecule has 21 heavy (non-hydrogen) atoms. The van der Waals surface area contributed by atoms with Crippen molar-refractivity contribution in [3.63, 3.8) is 0 Å². The van der Waals surface area contributed by atoms with Crippen molar-refractivity contribution >= 4 is 29.1 Å². The lowest BCUT2D eigenvalue weighted by Gasteiger charge is -2.36. The first kappa shape index (κ1) is 16.1. The molecular weight excluding hydrogens is 309 g/mol. The average Bonchev–Trinajstić information content (AvgIpc) is 2.47. The fourth-order valence-electron chi connectivity index (χ4n) is 2.53. The highest BCUT2D eigenvalue weighted by Crippen LogP contribution is 2.21. The van der Waals surface area contributed by atoms with Crippen molar-refractivity contribution in [2.24, 2.45) is 0 Å². The lowest BCUT2D eigenvalue weighted by Crippen LogP contribution is -2.51. The third-order valence-corrected chi connectivity index (χ3v) is 4.12. The van der Waals surface area contributed by atoms with Gasteiger partial charge in [0.15, 0.2) is 0 Å². The fourth-order valence-corrected chi connectivity index (χ4v) is 3.05. The summed E-state index contributed by atoms with van der Waals surface area (Å²) in [5.41, 5.74) is 0.508. The van der Waals surface area contributed by atoms with Crippen LogP contribution in [0.3, 0.4) is 0 Å². The number of hydrogen-bond donors (Lipinski definition) is 0. The summed E-state index contributed by atoms with van der Waals surface area (Å²) >= 11 is 11.9. The number of hydrogen-bond acceptors (Lipinski definition) is 3. The second-order valence-electron chi connectivity index (χ2n) is 5.04. The summed E-state index contributed by atoms with van der Waals surface area (Å²) in [6.07, 6.45) is 0.800. The van der Waals surface area contributed by atoms with E-state index in [-0.39, 0.29) is 11.9 Å². The van der Waals surface area contributed by atoms with E-state index in [2.05, 4.69) is 11.0 Å². The Morgan fingerprint density at radius 1 is 1.24 bits per heavy atom. The number of nitriles is 1. The fraction of sp³-hybridized carbons (Fsp3) is 0.467. The minimum atomic E-state index is -0.0668. The molecule has 0 N–H and O–H groups in total. The molecule has 1 aromatic rings. The van der Waals surface area contributed by atoms with Gasteiger partial charge in [0.1, 0.15) is 0 Å². The smallest absolute Gasteiger partial charge is 0.254 e. The van der Waals surface area contributed by atoms with Crippen LogP contribution in [0, 0.1) is 11.3 Å². The second kappa shape index (κ2) is 7.13. The van der Waals surface area contributed by atoms with Crippen LogP contribution in [0.1, 0.15) is 23.7 Å². The van der Waals surface area contributed by atoms with Crippen LogP contribution in [0.25, 0.3) is 0 Å². The van der Waals surface area contributed by atoms with Gasteiger partial charge in [-0.15, -0.1) is 0 Å². The Labute approximate surface area is 134 Å². The third kappa shape index (κ3) is 3.88. The first-order valence-corrected chi connectivity index (χ1v) is 7.69. The number of nitrogens with zero attached hydrogens (tertiary/aromatic N) is 3. The van der Waals surface area contributed by atoms with Crippen LogP contribution in [0.15, 0.2) is 18.2 Å². The molecule has 1 atom stereocenters. The summed E-state index contributed by atoms with van der Waals surface area (Å²) in [7, 11) is 0. The molecule has 0 radical (unpaired) electrons. The maximum absolute atomic E-state index is 12.4. The molecule has 0 spiro atoms. The minimum absolute atomic E-state index is 0.0657. The quantitative estimate of drug-likeness (QED) is 0.858. The van der Waals surface area contributed by atoms with E-state index in [9.17, 15) is 4.79 Å². The summed E-state index contributed by atoms with van der Waals surface area (Å²) in [6, 6.07) is 7.10. The van der Waals surface area contributed by atoms with Gasteiger partial charge in [-0.05, 0) is 24.6 Å². The predicted octanol–water partition coefficient (Wildman–Crippen LogP) is 3.05. The topological polar surface area (TPSA) is 47.3 Å². The van der Waals surface area contributed by atoms with Gasteiger partial charge in [0.25, 0.3) is 5.91 Å². The number of carbonyl (C=O) groups is 1. The van der Waals surface area contributed by atoms with E-state index in [0.29, 0.717) is 41.8 Å². The summed E-state index contributed by atoms with van der Waals surface area (Å²) in [5.74, 6) is -0.0657. The molecule has 1 fully saturated rings. The van der Waals surface area contributed by atoms with E-state index in [0.717, 1.165) is 6.42 Å². The van der Waals surface area contributed by atoms with Crippen LogP contribution in [-0.2, 0) is 0 Å². The SMILES string of the molecule is CCC(C#N)N1CCN(C(=O)c2cc(Cl)cc(Cl)c2)CC1. The molecule has 1 aliphatic rings. The summed E-state index contributed by atoms with van der Waals surface area (Å²) < 4.78 is 0. The van der Waals surface area contributed by atoms with Gasteiger partial charge in [-0.25, -0.2) is 0 Å². The molecule has 4 nitrogen and oxygen atoms in total. The number of rotatable bonds is 3. The normalized spacial score (nSPS) is 17.3. The highest BCUT2D eigenvalue weighted by Gasteiger charge is 2.25. The maximum Gasteiger partial charge on any atom is 0.254 e. The molecule has 2 rings (SSSR count). The molecule has 0 saturated carbocycles. The highest BCUT2D eigenvalue weighted by molar-refractivity contribution is 6.35. The summed E-state index contributed by atoms with van der Waals surface area (Å²) in [4.78, 5) is 16.3. The molecule has 0 bridgehead atoms. The van der Waals surface area contributed by atoms with Gasteiger partial charge in [0, 0.05) is 41.8 Å². The van der Waals surface area contributed by atoms with Gasteiger partial charge in [0.2, 0.25) is 0 Å². The summed E-state index contributed by atoms with van der Waals surface area (Å²) in [5, 5.41) is 10.0. The third-order valence-electron chi connectivity index (χ3n) is 3.69. The van der Waals surface area contributed by atoms with Gasteiger partial charge in [-0.2, -0.15) is 5.26 Å². The van der Waals surface area contributed by atoms with Crippen LogP contribution in [-0.4, -0.2) is 47.9 Å². The van der Waals surface area contributed by atoms with Gasteiger partial charge in [-0.3, -0.25) is 9.69 Å². The molecule has 6 heteroatoms. The zero-order valence-corrected chi connectivity index (χ0v) is 13.4.